The third-order valence-electron chi connectivity index (χ3n) is 2.88. The van der Waals surface area contributed by atoms with Crippen molar-refractivity contribution >= 4 is 15.9 Å². The maximum Gasteiger partial charge on any atom is 0.235 e. The second-order valence-corrected chi connectivity index (χ2v) is 6.98. The van der Waals surface area contributed by atoms with E-state index in [1.807, 2.05) is 45.9 Å². The van der Waals surface area contributed by atoms with Gasteiger partial charge >= 0.3 is 0 Å². The summed E-state index contributed by atoms with van der Waals surface area (Å²) in [7, 11) is -3.52. The van der Waals surface area contributed by atoms with Crippen LogP contribution in [0.25, 0.3) is 0 Å². The summed E-state index contributed by atoms with van der Waals surface area (Å²) in [4.78, 5) is 11.4. The quantitative estimate of drug-likeness (QED) is 0.830. The molecule has 5 nitrogen and oxygen atoms in total. The highest BCUT2D eigenvalue weighted by Crippen LogP contribution is 2.15. The molecule has 0 saturated carbocycles. The molecule has 0 atom stereocenters. The number of rotatable bonds is 6. The van der Waals surface area contributed by atoms with E-state index in [1.54, 1.807) is 0 Å². The van der Waals surface area contributed by atoms with Crippen molar-refractivity contribution in [3.8, 4) is 0 Å². The Balaban J connectivity index is 2.69. The molecule has 0 aromatic heterocycles. The molecule has 112 valence electrons. The summed E-state index contributed by atoms with van der Waals surface area (Å²) in [6.07, 6.45) is 0. The molecular weight excluding hydrogens is 276 g/mol. The Kier molecular flexibility index (Phi) is 5.71. The highest BCUT2D eigenvalue weighted by molar-refractivity contribution is 7.88. The van der Waals surface area contributed by atoms with Crippen LogP contribution in [0.1, 0.15) is 30.5 Å². The van der Waals surface area contributed by atoms with Crippen molar-refractivity contribution in [3.63, 3.8) is 0 Å². The molecule has 0 aliphatic carbocycles. The van der Waals surface area contributed by atoms with Crippen molar-refractivity contribution in [2.24, 2.45) is 0 Å². The van der Waals surface area contributed by atoms with Crippen molar-refractivity contribution in [3.05, 3.63) is 34.9 Å². The number of sulfonamides is 1. The maximum absolute atomic E-state index is 12.0. The minimum absolute atomic E-state index is 0.00869. The van der Waals surface area contributed by atoms with Crippen LogP contribution < -0.4 is 10.0 Å². The lowest BCUT2D eigenvalue weighted by molar-refractivity contribution is -0.120. The molecular formula is C14H22N2O3S. The lowest BCUT2D eigenvalue weighted by Gasteiger charge is -2.12. The van der Waals surface area contributed by atoms with Crippen LogP contribution in [0.5, 0.6) is 0 Å². The molecule has 0 aliphatic rings. The molecule has 0 unspecified atom stereocenters. The Morgan fingerprint density at radius 1 is 1.20 bits per heavy atom. The number of carbonyl (C=O) groups excluding carboxylic acids is 1. The Morgan fingerprint density at radius 3 is 2.25 bits per heavy atom. The molecule has 1 amide bonds. The Hall–Kier alpha value is -1.40. The molecule has 1 aromatic carbocycles. The summed E-state index contributed by atoms with van der Waals surface area (Å²) >= 11 is 0. The van der Waals surface area contributed by atoms with Crippen LogP contribution in [-0.4, -0.2) is 26.9 Å². The number of aryl methyl sites for hydroxylation is 2. The van der Waals surface area contributed by atoms with Crippen LogP contribution in [-0.2, 0) is 20.6 Å². The summed E-state index contributed by atoms with van der Waals surface area (Å²) in [5.41, 5.74) is 2.65. The molecule has 0 fully saturated rings. The van der Waals surface area contributed by atoms with E-state index in [2.05, 4.69) is 10.0 Å². The molecule has 0 spiro atoms. The summed E-state index contributed by atoms with van der Waals surface area (Å²) in [5.74, 6) is -0.439. The van der Waals surface area contributed by atoms with Gasteiger partial charge in [-0.1, -0.05) is 18.2 Å². The molecule has 0 bridgehead atoms. The van der Waals surface area contributed by atoms with Gasteiger partial charge in [-0.3, -0.25) is 4.79 Å². The van der Waals surface area contributed by atoms with Crippen molar-refractivity contribution < 1.29 is 13.2 Å². The number of carbonyl (C=O) groups is 1. The Morgan fingerprint density at radius 2 is 1.75 bits per heavy atom. The first-order valence-electron chi connectivity index (χ1n) is 6.53. The second-order valence-electron chi connectivity index (χ2n) is 5.17. The van der Waals surface area contributed by atoms with Gasteiger partial charge < -0.3 is 5.32 Å². The number of hydrogen-bond acceptors (Lipinski definition) is 3. The first kappa shape index (κ1) is 16.7. The standard InChI is InChI=1S/C14H22N2O3S/c1-10(2)16-14(17)8-15-20(18,19)9-13-11(3)6-5-7-12(13)4/h5-7,10,15H,8-9H2,1-4H3,(H,16,17). The van der Waals surface area contributed by atoms with Crippen molar-refractivity contribution in [1.82, 2.24) is 10.0 Å². The molecule has 0 saturated heterocycles. The highest BCUT2D eigenvalue weighted by atomic mass is 32.2. The van der Waals surface area contributed by atoms with Crippen LogP contribution in [0.2, 0.25) is 0 Å². The maximum atomic E-state index is 12.0. The van der Waals surface area contributed by atoms with E-state index in [0.717, 1.165) is 16.7 Å². The molecule has 2 N–H and O–H groups in total. The highest BCUT2D eigenvalue weighted by Gasteiger charge is 2.16. The van der Waals surface area contributed by atoms with Gasteiger partial charge in [-0.15, -0.1) is 0 Å². The lowest BCUT2D eigenvalue weighted by atomic mass is 10.1. The van der Waals surface area contributed by atoms with Crippen molar-refractivity contribution in [1.29, 1.82) is 0 Å². The second kappa shape index (κ2) is 6.85. The first-order valence-corrected chi connectivity index (χ1v) is 8.18. The number of benzene rings is 1. The molecule has 1 aromatic rings. The van der Waals surface area contributed by atoms with E-state index >= 15 is 0 Å². The predicted octanol–water partition coefficient (Wildman–Crippen LogP) is 1.25. The number of nitrogens with one attached hydrogen (secondary N) is 2. The van der Waals surface area contributed by atoms with Crippen molar-refractivity contribution in [2.75, 3.05) is 6.54 Å². The third-order valence-corrected chi connectivity index (χ3v) is 4.13. The van der Waals surface area contributed by atoms with Crippen LogP contribution in [0.4, 0.5) is 0 Å². The van der Waals surface area contributed by atoms with Gasteiger partial charge in [0.15, 0.2) is 0 Å². The average molecular weight is 298 g/mol. The predicted molar refractivity (Wildman–Crippen MR) is 79.8 cm³/mol. The zero-order valence-electron chi connectivity index (χ0n) is 12.4. The summed E-state index contributed by atoms with van der Waals surface area (Å²) in [5, 5.41) is 2.64. The zero-order chi connectivity index (χ0) is 15.3. The monoisotopic (exact) mass is 298 g/mol. The molecule has 1 rings (SSSR count). The van der Waals surface area contributed by atoms with E-state index in [0.29, 0.717) is 0 Å². The van der Waals surface area contributed by atoms with Gasteiger partial charge in [-0.05, 0) is 44.4 Å². The van der Waals surface area contributed by atoms with Gasteiger partial charge in [0.1, 0.15) is 0 Å². The molecule has 0 aliphatic heterocycles. The van der Waals surface area contributed by atoms with Crippen LogP contribution in [0.15, 0.2) is 18.2 Å². The largest absolute Gasteiger partial charge is 0.353 e. The summed E-state index contributed by atoms with van der Waals surface area (Å²) in [6.45, 7) is 7.17. The zero-order valence-corrected chi connectivity index (χ0v) is 13.2. The van der Waals surface area contributed by atoms with E-state index in [9.17, 15) is 13.2 Å². The fourth-order valence-corrected chi connectivity index (χ4v) is 3.15. The Bertz CT molecular complexity index is 560. The minimum Gasteiger partial charge on any atom is -0.353 e. The first-order chi connectivity index (χ1) is 9.21. The Labute approximate surface area is 120 Å². The van der Waals surface area contributed by atoms with Crippen LogP contribution in [0, 0.1) is 13.8 Å². The van der Waals surface area contributed by atoms with E-state index in [1.165, 1.54) is 0 Å². The van der Waals surface area contributed by atoms with E-state index < -0.39 is 10.0 Å². The molecule has 6 heteroatoms. The fraction of sp³-hybridized carbons (Fsp3) is 0.500. The van der Waals surface area contributed by atoms with Gasteiger partial charge in [0.05, 0.1) is 12.3 Å². The van der Waals surface area contributed by atoms with E-state index in [4.69, 9.17) is 0 Å². The minimum atomic E-state index is -3.52. The topological polar surface area (TPSA) is 75.3 Å². The van der Waals surface area contributed by atoms with Gasteiger partial charge in [-0.2, -0.15) is 0 Å². The average Bonchev–Trinajstić information content (AvgIpc) is 2.31. The number of hydrogen-bond donors (Lipinski definition) is 2. The third kappa shape index (κ3) is 5.30. The van der Waals surface area contributed by atoms with Gasteiger partial charge in [0.2, 0.25) is 15.9 Å². The van der Waals surface area contributed by atoms with E-state index in [-0.39, 0.29) is 24.2 Å². The smallest absolute Gasteiger partial charge is 0.235 e. The van der Waals surface area contributed by atoms with Crippen LogP contribution in [0.3, 0.4) is 0 Å². The summed E-state index contributed by atoms with van der Waals surface area (Å²) < 4.78 is 26.3. The number of amides is 1. The normalized spacial score (nSPS) is 11.7. The van der Waals surface area contributed by atoms with Gasteiger partial charge in [-0.25, -0.2) is 13.1 Å². The van der Waals surface area contributed by atoms with Gasteiger partial charge in [0, 0.05) is 6.04 Å². The lowest BCUT2D eigenvalue weighted by Crippen LogP contribution is -2.40. The fourth-order valence-electron chi connectivity index (χ4n) is 1.87. The van der Waals surface area contributed by atoms with Gasteiger partial charge in [0.25, 0.3) is 0 Å². The summed E-state index contributed by atoms with van der Waals surface area (Å²) in [6, 6.07) is 5.64. The molecule has 0 heterocycles. The molecule has 0 radical (unpaired) electrons. The van der Waals surface area contributed by atoms with Crippen LogP contribution >= 0.6 is 0 Å². The molecule has 20 heavy (non-hydrogen) atoms. The SMILES string of the molecule is Cc1cccc(C)c1CS(=O)(=O)NCC(=O)NC(C)C. The van der Waals surface area contributed by atoms with Crippen molar-refractivity contribution in [2.45, 2.75) is 39.5 Å².